The number of nitro groups is 1. The number of hydrogen-bond acceptors (Lipinski definition) is 5. The molecule has 1 heterocycles. The predicted molar refractivity (Wildman–Crippen MR) is 61.6 cm³/mol. The number of furan rings is 1. The number of hydrogen-bond donors (Lipinski definition) is 1. The van der Waals surface area contributed by atoms with Gasteiger partial charge in [0.15, 0.2) is 0 Å². The molecular weight excluding hydrogens is 246 g/mol. The number of nitrogens with zero attached hydrogens (tertiary/aromatic N) is 1. The van der Waals surface area contributed by atoms with E-state index in [2.05, 4.69) is 0 Å². The van der Waals surface area contributed by atoms with Crippen LogP contribution < -0.4 is 0 Å². The second kappa shape index (κ2) is 4.10. The van der Waals surface area contributed by atoms with E-state index in [1.165, 1.54) is 30.0 Å². The van der Waals surface area contributed by atoms with Crippen LogP contribution in [-0.2, 0) is 0 Å². The van der Waals surface area contributed by atoms with Gasteiger partial charge in [-0.1, -0.05) is 0 Å². The summed E-state index contributed by atoms with van der Waals surface area (Å²) in [4.78, 5) is 21.4. The topological polar surface area (TPSA) is 93.6 Å². The molecule has 0 saturated carbocycles. The van der Waals surface area contributed by atoms with Crippen LogP contribution in [0.4, 0.5) is 5.69 Å². The van der Waals surface area contributed by atoms with Crippen LogP contribution in [0, 0.1) is 10.1 Å². The second-order valence-corrected chi connectivity index (χ2v) is 4.02. The molecule has 0 aliphatic heterocycles. The number of nitro benzene ring substituents is 1. The first-order chi connectivity index (χ1) is 8.04. The molecule has 0 bridgehead atoms. The maximum Gasteiger partial charge on any atom is 0.373 e. The van der Waals surface area contributed by atoms with Gasteiger partial charge in [-0.3, -0.25) is 10.1 Å². The molecule has 17 heavy (non-hydrogen) atoms. The van der Waals surface area contributed by atoms with Gasteiger partial charge in [0.1, 0.15) is 5.58 Å². The van der Waals surface area contributed by atoms with Crippen molar-refractivity contribution in [1.82, 2.24) is 0 Å². The van der Waals surface area contributed by atoms with E-state index in [-0.39, 0.29) is 17.0 Å². The van der Waals surface area contributed by atoms with Crippen LogP contribution in [0.3, 0.4) is 0 Å². The standard InChI is InChI=1S/C10H7NO5S/c1-17-9-6-3-2-5(11(14)15)4-7(6)16-8(9)10(12)13/h2-4H,1H3,(H,12,13). The average molecular weight is 253 g/mol. The van der Waals surface area contributed by atoms with E-state index in [0.717, 1.165) is 0 Å². The van der Waals surface area contributed by atoms with Gasteiger partial charge in [-0.05, 0) is 12.3 Å². The molecule has 0 fully saturated rings. The number of carboxylic acids is 1. The Balaban J connectivity index is 2.73. The Morgan fingerprint density at radius 3 is 2.76 bits per heavy atom. The highest BCUT2D eigenvalue weighted by atomic mass is 32.2. The lowest BCUT2D eigenvalue weighted by Gasteiger charge is -1.93. The summed E-state index contributed by atoms with van der Waals surface area (Å²) >= 11 is 1.23. The van der Waals surface area contributed by atoms with Crippen molar-refractivity contribution in [2.75, 3.05) is 6.26 Å². The molecule has 6 nitrogen and oxygen atoms in total. The van der Waals surface area contributed by atoms with E-state index >= 15 is 0 Å². The van der Waals surface area contributed by atoms with Crippen molar-refractivity contribution < 1.29 is 19.2 Å². The molecule has 2 aromatic rings. The smallest absolute Gasteiger partial charge is 0.373 e. The van der Waals surface area contributed by atoms with Crippen molar-refractivity contribution in [1.29, 1.82) is 0 Å². The second-order valence-electron chi connectivity index (χ2n) is 3.21. The lowest BCUT2D eigenvalue weighted by Crippen LogP contribution is -1.94. The van der Waals surface area contributed by atoms with Crippen LogP contribution in [0.1, 0.15) is 10.6 Å². The summed E-state index contributed by atoms with van der Waals surface area (Å²) in [5.74, 6) is -1.37. The number of benzene rings is 1. The number of fused-ring (bicyclic) bond motifs is 1. The van der Waals surface area contributed by atoms with Crippen LogP contribution in [-0.4, -0.2) is 22.3 Å². The highest BCUT2D eigenvalue weighted by molar-refractivity contribution is 7.98. The SMILES string of the molecule is CSc1c(C(=O)O)oc2cc([N+](=O)[O-])ccc12. The van der Waals surface area contributed by atoms with Gasteiger partial charge in [0.2, 0.25) is 5.76 Å². The average Bonchev–Trinajstić information content (AvgIpc) is 2.66. The fraction of sp³-hybridized carbons (Fsp3) is 0.100. The van der Waals surface area contributed by atoms with Crippen molar-refractivity contribution in [3.63, 3.8) is 0 Å². The molecule has 88 valence electrons. The van der Waals surface area contributed by atoms with Crippen LogP contribution >= 0.6 is 11.8 Å². The van der Waals surface area contributed by atoms with E-state index in [1.807, 2.05) is 0 Å². The fourth-order valence-corrected chi connectivity index (χ4v) is 2.22. The Morgan fingerprint density at radius 2 is 2.24 bits per heavy atom. The Labute approximate surface area is 99.4 Å². The summed E-state index contributed by atoms with van der Waals surface area (Å²) in [6, 6.07) is 4.04. The summed E-state index contributed by atoms with van der Waals surface area (Å²) in [5.41, 5.74) is 0.0804. The van der Waals surface area contributed by atoms with Gasteiger partial charge in [0.25, 0.3) is 5.69 Å². The number of thioether (sulfide) groups is 1. The minimum Gasteiger partial charge on any atom is -0.475 e. The molecule has 0 radical (unpaired) electrons. The van der Waals surface area contributed by atoms with Gasteiger partial charge in [0, 0.05) is 11.5 Å². The largest absolute Gasteiger partial charge is 0.475 e. The molecule has 1 aromatic heterocycles. The van der Waals surface area contributed by atoms with Gasteiger partial charge in [-0.2, -0.15) is 0 Å². The van der Waals surface area contributed by atoms with E-state index < -0.39 is 10.9 Å². The molecule has 7 heteroatoms. The lowest BCUT2D eigenvalue weighted by molar-refractivity contribution is -0.384. The molecular formula is C10H7NO5S. The first-order valence-electron chi connectivity index (χ1n) is 4.53. The van der Waals surface area contributed by atoms with Crippen molar-refractivity contribution in [2.24, 2.45) is 0 Å². The summed E-state index contributed by atoms with van der Waals surface area (Å²) in [7, 11) is 0. The van der Waals surface area contributed by atoms with Crippen LogP contribution in [0.5, 0.6) is 0 Å². The quantitative estimate of drug-likeness (QED) is 0.513. The van der Waals surface area contributed by atoms with Crippen molar-refractivity contribution in [3.05, 3.63) is 34.1 Å². The zero-order valence-corrected chi connectivity index (χ0v) is 9.48. The third kappa shape index (κ3) is 1.84. The monoisotopic (exact) mass is 253 g/mol. The zero-order chi connectivity index (χ0) is 12.6. The minimum atomic E-state index is -1.19. The van der Waals surface area contributed by atoms with Crippen molar-refractivity contribution in [2.45, 2.75) is 4.90 Å². The molecule has 0 spiro atoms. The summed E-state index contributed by atoms with van der Waals surface area (Å²) in [5, 5.41) is 20.1. The van der Waals surface area contributed by atoms with Gasteiger partial charge >= 0.3 is 5.97 Å². The highest BCUT2D eigenvalue weighted by Crippen LogP contribution is 2.34. The summed E-state index contributed by atoms with van der Waals surface area (Å²) < 4.78 is 5.12. The Hall–Kier alpha value is -2.02. The maximum absolute atomic E-state index is 10.9. The molecule has 0 atom stereocenters. The Morgan fingerprint density at radius 1 is 1.53 bits per heavy atom. The van der Waals surface area contributed by atoms with Gasteiger partial charge in [-0.25, -0.2) is 4.79 Å². The molecule has 0 aliphatic rings. The van der Waals surface area contributed by atoms with Gasteiger partial charge < -0.3 is 9.52 Å². The number of non-ortho nitro benzene ring substituents is 1. The van der Waals surface area contributed by atoms with Crippen LogP contribution in [0.15, 0.2) is 27.5 Å². The van der Waals surface area contributed by atoms with E-state index in [9.17, 15) is 14.9 Å². The zero-order valence-electron chi connectivity index (χ0n) is 8.67. The molecule has 0 unspecified atom stereocenters. The molecule has 1 N–H and O–H groups in total. The van der Waals surface area contributed by atoms with Crippen molar-refractivity contribution in [3.8, 4) is 0 Å². The summed E-state index contributed by atoms with van der Waals surface area (Å²) in [6.45, 7) is 0. The number of carbonyl (C=O) groups is 1. The first kappa shape index (κ1) is 11.5. The Kier molecular flexibility index (Phi) is 2.76. The Bertz CT molecular complexity index is 618. The van der Waals surface area contributed by atoms with E-state index in [1.54, 1.807) is 6.26 Å². The first-order valence-corrected chi connectivity index (χ1v) is 5.75. The maximum atomic E-state index is 10.9. The van der Waals surface area contributed by atoms with Crippen LogP contribution in [0.2, 0.25) is 0 Å². The molecule has 0 aliphatic carbocycles. The highest BCUT2D eigenvalue weighted by Gasteiger charge is 2.20. The third-order valence-corrected chi connectivity index (χ3v) is 3.05. The van der Waals surface area contributed by atoms with Gasteiger partial charge in [-0.15, -0.1) is 11.8 Å². The number of carboxylic acid groups (broad SMARTS) is 1. The summed E-state index contributed by atoms with van der Waals surface area (Å²) in [6.07, 6.45) is 1.72. The normalized spacial score (nSPS) is 10.6. The molecule has 1 aromatic carbocycles. The van der Waals surface area contributed by atoms with Crippen LogP contribution in [0.25, 0.3) is 11.0 Å². The molecule has 2 rings (SSSR count). The predicted octanol–water partition coefficient (Wildman–Crippen LogP) is 2.76. The number of rotatable bonds is 3. The molecule has 0 amide bonds. The number of aromatic carboxylic acids is 1. The van der Waals surface area contributed by atoms with Crippen molar-refractivity contribution >= 4 is 34.4 Å². The lowest BCUT2D eigenvalue weighted by atomic mass is 10.2. The van der Waals surface area contributed by atoms with E-state index in [4.69, 9.17) is 9.52 Å². The molecule has 0 saturated heterocycles. The minimum absolute atomic E-state index is 0.129. The van der Waals surface area contributed by atoms with E-state index in [0.29, 0.717) is 10.3 Å². The fourth-order valence-electron chi connectivity index (χ4n) is 1.52. The third-order valence-electron chi connectivity index (χ3n) is 2.24. The van der Waals surface area contributed by atoms with Gasteiger partial charge in [0.05, 0.1) is 15.9 Å².